The number of nitrogens with one attached hydrogen (secondary N) is 1. The second-order valence-corrected chi connectivity index (χ2v) is 7.71. The zero-order valence-corrected chi connectivity index (χ0v) is 17.0. The smallest absolute Gasteiger partial charge is 0.234 e. The molecule has 1 aromatic carbocycles. The van der Waals surface area contributed by atoms with Gasteiger partial charge in [-0.25, -0.2) is 4.99 Å². The maximum Gasteiger partial charge on any atom is 0.234 e. The van der Waals surface area contributed by atoms with E-state index in [1.165, 1.54) is 6.26 Å². The highest BCUT2D eigenvalue weighted by Crippen LogP contribution is 2.42. The fraction of sp³-hybridized carbons (Fsp3) is 0.200. The maximum absolute atomic E-state index is 13.1. The largest absolute Gasteiger partial charge is 0.469 e. The Kier molecular flexibility index (Phi) is 6.42. The molecule has 2 amide bonds. The van der Waals surface area contributed by atoms with Crippen molar-refractivity contribution in [1.82, 2.24) is 0 Å². The van der Waals surface area contributed by atoms with Gasteiger partial charge in [-0.1, -0.05) is 23.4 Å². The van der Waals surface area contributed by atoms with Crippen molar-refractivity contribution < 1.29 is 14.0 Å². The minimum absolute atomic E-state index is 0.0240. The van der Waals surface area contributed by atoms with Gasteiger partial charge >= 0.3 is 0 Å². The molecule has 2 heterocycles. The summed E-state index contributed by atoms with van der Waals surface area (Å²) in [5, 5.41) is 13.6. The lowest BCUT2D eigenvalue weighted by Gasteiger charge is -2.29. The van der Waals surface area contributed by atoms with E-state index < -0.39 is 17.7 Å². The molecular weight excluding hydrogens is 412 g/mol. The first-order chi connectivity index (χ1) is 13.9. The number of thioether (sulfide) groups is 1. The lowest BCUT2D eigenvalue weighted by Crippen LogP contribution is -2.36. The van der Waals surface area contributed by atoms with E-state index in [4.69, 9.17) is 21.8 Å². The van der Waals surface area contributed by atoms with Crippen LogP contribution in [0.25, 0.3) is 0 Å². The van der Waals surface area contributed by atoms with Gasteiger partial charge in [-0.05, 0) is 43.3 Å². The summed E-state index contributed by atoms with van der Waals surface area (Å²) >= 11 is 6.96. The molecule has 9 heteroatoms. The molecule has 0 fully saturated rings. The second-order valence-electron chi connectivity index (χ2n) is 6.31. The van der Waals surface area contributed by atoms with Crippen LogP contribution in [-0.4, -0.2) is 23.3 Å². The molecule has 3 rings (SSSR count). The van der Waals surface area contributed by atoms with Crippen molar-refractivity contribution in [1.29, 1.82) is 5.26 Å². The standard InChI is InChI=1S/C20H17ClN4O3S/c1-11-17(19(27)25-13-6-4-12(21)5-7-13)18(15-3-2-8-28-15)14(9-22)20(24-11)29-10-16(23)26/h2-8,17-18H,10H2,1H3,(H2,23,26)(H,25,27)/t17?,18-/m0/s1. The fourth-order valence-electron chi connectivity index (χ4n) is 3.07. The molecule has 0 aliphatic carbocycles. The molecule has 1 aliphatic heterocycles. The van der Waals surface area contributed by atoms with Gasteiger partial charge in [-0.15, -0.1) is 0 Å². The predicted molar refractivity (Wildman–Crippen MR) is 112 cm³/mol. The SMILES string of the molecule is CC1=NC(SCC(N)=O)=C(C#N)[C@@H](c2ccco2)C1C(=O)Nc1ccc(Cl)cc1. The van der Waals surface area contributed by atoms with Crippen LogP contribution < -0.4 is 11.1 Å². The number of nitrogens with zero attached hydrogens (tertiary/aromatic N) is 2. The van der Waals surface area contributed by atoms with Crippen molar-refractivity contribution in [2.45, 2.75) is 12.8 Å². The van der Waals surface area contributed by atoms with Crippen molar-refractivity contribution in [3.63, 3.8) is 0 Å². The van der Waals surface area contributed by atoms with Crippen molar-refractivity contribution in [2.24, 2.45) is 16.6 Å². The summed E-state index contributed by atoms with van der Waals surface area (Å²) in [4.78, 5) is 28.7. The molecular formula is C20H17ClN4O3S. The Morgan fingerprint density at radius 3 is 2.66 bits per heavy atom. The summed E-state index contributed by atoms with van der Waals surface area (Å²) in [5.74, 6) is -1.85. The molecule has 148 valence electrons. The van der Waals surface area contributed by atoms with Crippen molar-refractivity contribution in [2.75, 3.05) is 11.1 Å². The molecule has 2 aromatic rings. The van der Waals surface area contributed by atoms with Gasteiger partial charge in [0.15, 0.2) is 0 Å². The van der Waals surface area contributed by atoms with Crippen LogP contribution in [0.1, 0.15) is 18.6 Å². The molecule has 3 N–H and O–H groups in total. The summed E-state index contributed by atoms with van der Waals surface area (Å²) in [6.45, 7) is 1.71. The molecule has 0 saturated heterocycles. The number of anilines is 1. The number of amides is 2. The Morgan fingerprint density at radius 1 is 1.34 bits per heavy atom. The number of benzene rings is 1. The van der Waals surface area contributed by atoms with Crippen LogP contribution in [0.3, 0.4) is 0 Å². The number of halogens is 1. The summed E-state index contributed by atoms with van der Waals surface area (Å²) in [5.41, 5.74) is 6.56. The number of hydrogen-bond acceptors (Lipinski definition) is 6. The highest BCUT2D eigenvalue weighted by molar-refractivity contribution is 8.03. The van der Waals surface area contributed by atoms with Crippen LogP contribution in [0.15, 0.2) is 62.7 Å². The number of aliphatic imine (C=N–C) groups is 1. The van der Waals surface area contributed by atoms with Gasteiger partial charge in [0.2, 0.25) is 11.8 Å². The molecule has 1 unspecified atom stereocenters. The number of furan rings is 1. The highest BCUT2D eigenvalue weighted by Gasteiger charge is 2.41. The first kappa shape index (κ1) is 20.7. The Balaban J connectivity index is 1.98. The molecule has 2 atom stereocenters. The summed E-state index contributed by atoms with van der Waals surface area (Å²) in [6.07, 6.45) is 1.48. The highest BCUT2D eigenvalue weighted by atomic mass is 35.5. The van der Waals surface area contributed by atoms with E-state index in [2.05, 4.69) is 16.4 Å². The average Bonchev–Trinajstić information content (AvgIpc) is 3.21. The minimum atomic E-state index is -0.760. The van der Waals surface area contributed by atoms with Crippen molar-refractivity contribution in [3.8, 4) is 6.07 Å². The van der Waals surface area contributed by atoms with Gasteiger partial charge in [-0.2, -0.15) is 5.26 Å². The molecule has 0 spiro atoms. The number of allylic oxidation sites excluding steroid dienone is 1. The third-order valence-electron chi connectivity index (χ3n) is 4.32. The molecule has 1 aliphatic rings. The van der Waals surface area contributed by atoms with Crippen molar-refractivity contribution in [3.05, 3.63) is 64.0 Å². The molecule has 0 radical (unpaired) electrons. The average molecular weight is 429 g/mol. The quantitative estimate of drug-likeness (QED) is 0.726. The van der Waals surface area contributed by atoms with Crippen molar-refractivity contribution >= 4 is 46.6 Å². The van der Waals surface area contributed by atoms with E-state index in [1.54, 1.807) is 43.3 Å². The van der Waals surface area contributed by atoms with Gasteiger partial charge in [0.05, 0.1) is 35.5 Å². The summed E-state index contributed by atoms with van der Waals surface area (Å²) in [7, 11) is 0. The third-order valence-corrected chi connectivity index (χ3v) is 5.58. The normalized spacial score (nSPS) is 18.7. The number of primary amides is 1. The molecule has 0 bridgehead atoms. The molecule has 7 nitrogen and oxygen atoms in total. The number of rotatable bonds is 6. The number of carbonyl (C=O) groups excluding carboxylic acids is 2. The van der Waals surface area contributed by atoms with Gasteiger partial charge in [0.1, 0.15) is 10.8 Å². The van der Waals surface area contributed by atoms with E-state index in [0.29, 0.717) is 27.2 Å². The van der Waals surface area contributed by atoms with E-state index in [0.717, 1.165) is 11.8 Å². The lowest BCUT2D eigenvalue weighted by molar-refractivity contribution is -0.118. The first-order valence-electron chi connectivity index (χ1n) is 8.61. The Bertz CT molecular complexity index is 1020. The summed E-state index contributed by atoms with van der Waals surface area (Å²) < 4.78 is 5.54. The second kappa shape index (κ2) is 8.99. The fourth-order valence-corrected chi connectivity index (χ4v) is 4.01. The third kappa shape index (κ3) is 4.70. The van der Waals surface area contributed by atoms with Gasteiger partial charge in [0.25, 0.3) is 0 Å². The van der Waals surface area contributed by atoms with Crippen LogP contribution in [-0.2, 0) is 9.59 Å². The zero-order chi connectivity index (χ0) is 21.0. The maximum atomic E-state index is 13.1. The van der Waals surface area contributed by atoms with E-state index >= 15 is 0 Å². The number of carbonyl (C=O) groups is 2. The van der Waals surface area contributed by atoms with Gasteiger partial charge < -0.3 is 15.5 Å². The van der Waals surface area contributed by atoms with Crippen LogP contribution >= 0.6 is 23.4 Å². The Morgan fingerprint density at radius 2 is 2.07 bits per heavy atom. The van der Waals surface area contributed by atoms with Crippen LogP contribution in [0.5, 0.6) is 0 Å². The summed E-state index contributed by atoms with van der Waals surface area (Å²) in [6, 6.07) is 12.2. The lowest BCUT2D eigenvalue weighted by atomic mass is 9.79. The van der Waals surface area contributed by atoms with Gasteiger partial charge in [0, 0.05) is 16.4 Å². The van der Waals surface area contributed by atoms with E-state index in [-0.39, 0.29) is 17.2 Å². The number of hydrogen-bond donors (Lipinski definition) is 2. The predicted octanol–water partition coefficient (Wildman–Crippen LogP) is 3.70. The molecule has 1 aromatic heterocycles. The topological polar surface area (TPSA) is 121 Å². The monoisotopic (exact) mass is 428 g/mol. The van der Waals surface area contributed by atoms with Gasteiger partial charge in [-0.3, -0.25) is 9.59 Å². The minimum Gasteiger partial charge on any atom is -0.469 e. The first-order valence-corrected chi connectivity index (χ1v) is 9.97. The van der Waals surface area contributed by atoms with E-state index in [9.17, 15) is 14.9 Å². The Hall–Kier alpha value is -3.02. The molecule has 0 saturated carbocycles. The van der Waals surface area contributed by atoms with Crippen LogP contribution in [0.2, 0.25) is 5.02 Å². The van der Waals surface area contributed by atoms with E-state index in [1.807, 2.05) is 0 Å². The van der Waals surface area contributed by atoms with Crippen LogP contribution in [0, 0.1) is 17.2 Å². The number of nitriles is 1. The molecule has 29 heavy (non-hydrogen) atoms. The van der Waals surface area contributed by atoms with Crippen LogP contribution in [0.4, 0.5) is 5.69 Å². The number of nitrogens with two attached hydrogens (primary N) is 1. The Labute approximate surface area is 176 Å². The zero-order valence-electron chi connectivity index (χ0n) is 15.4.